The Morgan fingerprint density at radius 2 is 2.06 bits per heavy atom. The number of amides is 2. The number of likely N-dealkylation sites (tertiary alicyclic amines) is 1. The third-order valence-electron chi connectivity index (χ3n) is 3.03. The monoisotopic (exact) mass is 242 g/mol. The molecule has 1 heterocycles. The summed E-state index contributed by atoms with van der Waals surface area (Å²) in [4.78, 5) is 25.0. The van der Waals surface area contributed by atoms with E-state index in [-0.39, 0.29) is 29.9 Å². The molecule has 1 fully saturated rings. The van der Waals surface area contributed by atoms with Crippen LogP contribution in [0.4, 0.5) is 0 Å². The SMILES string of the molecule is COC(C)(C)CNC1CC(=O)N(C(C)C)C1=O. The van der Waals surface area contributed by atoms with Gasteiger partial charge in [-0.1, -0.05) is 0 Å². The zero-order valence-corrected chi connectivity index (χ0v) is 11.2. The van der Waals surface area contributed by atoms with Crippen LogP contribution in [-0.2, 0) is 14.3 Å². The Balaban J connectivity index is 2.58. The lowest BCUT2D eigenvalue weighted by Gasteiger charge is -2.25. The standard InChI is InChI=1S/C12H22N2O3/c1-8(2)14-10(15)6-9(11(14)16)13-7-12(3,4)17-5/h8-9,13H,6-7H2,1-5H3. The average Bonchev–Trinajstić information content (AvgIpc) is 2.51. The summed E-state index contributed by atoms with van der Waals surface area (Å²) >= 11 is 0. The van der Waals surface area contributed by atoms with Crippen LogP contribution in [0.3, 0.4) is 0 Å². The van der Waals surface area contributed by atoms with E-state index in [9.17, 15) is 9.59 Å². The molecule has 1 rings (SSSR count). The van der Waals surface area contributed by atoms with Crippen LogP contribution in [0, 0.1) is 0 Å². The molecule has 1 aliphatic rings. The highest BCUT2D eigenvalue weighted by Crippen LogP contribution is 2.17. The van der Waals surface area contributed by atoms with Crippen LogP contribution in [0.25, 0.3) is 0 Å². The van der Waals surface area contributed by atoms with Crippen LogP contribution >= 0.6 is 0 Å². The van der Waals surface area contributed by atoms with Crippen molar-refractivity contribution >= 4 is 11.8 Å². The molecule has 0 bridgehead atoms. The first kappa shape index (κ1) is 14.1. The van der Waals surface area contributed by atoms with E-state index in [1.807, 2.05) is 27.7 Å². The third kappa shape index (κ3) is 3.26. The molecule has 0 radical (unpaired) electrons. The fourth-order valence-electron chi connectivity index (χ4n) is 1.79. The van der Waals surface area contributed by atoms with Crippen LogP contribution in [-0.4, -0.2) is 48.1 Å². The molecule has 0 spiro atoms. The highest BCUT2D eigenvalue weighted by molar-refractivity contribution is 6.05. The smallest absolute Gasteiger partial charge is 0.247 e. The zero-order valence-electron chi connectivity index (χ0n) is 11.2. The molecule has 0 aromatic heterocycles. The van der Waals surface area contributed by atoms with Gasteiger partial charge in [-0.05, 0) is 27.7 Å². The quantitative estimate of drug-likeness (QED) is 0.715. The lowest BCUT2D eigenvalue weighted by molar-refractivity contribution is -0.140. The Labute approximate surface area is 102 Å². The molecule has 5 nitrogen and oxygen atoms in total. The Morgan fingerprint density at radius 1 is 1.47 bits per heavy atom. The van der Waals surface area contributed by atoms with Gasteiger partial charge < -0.3 is 10.1 Å². The van der Waals surface area contributed by atoms with E-state index < -0.39 is 6.04 Å². The van der Waals surface area contributed by atoms with Gasteiger partial charge in [0.2, 0.25) is 11.8 Å². The average molecular weight is 242 g/mol. The summed E-state index contributed by atoms with van der Waals surface area (Å²) < 4.78 is 5.26. The van der Waals surface area contributed by atoms with Crippen molar-refractivity contribution in [2.24, 2.45) is 0 Å². The highest BCUT2D eigenvalue weighted by atomic mass is 16.5. The van der Waals surface area contributed by atoms with Crippen LogP contribution < -0.4 is 5.32 Å². The zero-order chi connectivity index (χ0) is 13.2. The number of nitrogens with one attached hydrogen (secondary N) is 1. The third-order valence-corrected chi connectivity index (χ3v) is 3.03. The minimum Gasteiger partial charge on any atom is -0.377 e. The van der Waals surface area contributed by atoms with E-state index in [2.05, 4.69) is 5.32 Å². The van der Waals surface area contributed by atoms with Gasteiger partial charge in [-0.3, -0.25) is 14.5 Å². The Bertz CT molecular complexity index is 313. The van der Waals surface area contributed by atoms with Crippen LogP contribution in [0.5, 0.6) is 0 Å². The summed E-state index contributed by atoms with van der Waals surface area (Å²) in [5, 5.41) is 3.10. The molecule has 0 aliphatic carbocycles. The molecule has 1 N–H and O–H groups in total. The number of methoxy groups -OCH3 is 1. The van der Waals surface area contributed by atoms with Crippen LogP contribution in [0.15, 0.2) is 0 Å². The molecule has 1 atom stereocenters. The van der Waals surface area contributed by atoms with Crippen molar-refractivity contribution in [3.63, 3.8) is 0 Å². The molecule has 0 aromatic rings. The van der Waals surface area contributed by atoms with Gasteiger partial charge in [0.25, 0.3) is 0 Å². The first-order valence-electron chi connectivity index (χ1n) is 5.93. The summed E-state index contributed by atoms with van der Waals surface area (Å²) in [5.41, 5.74) is -0.339. The van der Waals surface area contributed by atoms with Crippen molar-refractivity contribution in [1.29, 1.82) is 0 Å². The second kappa shape index (κ2) is 5.14. The normalized spacial score (nSPS) is 21.8. The van der Waals surface area contributed by atoms with E-state index in [1.165, 1.54) is 4.90 Å². The van der Waals surface area contributed by atoms with Crippen LogP contribution in [0.1, 0.15) is 34.1 Å². The number of imide groups is 1. The second-order valence-electron chi connectivity index (χ2n) is 5.30. The summed E-state index contributed by atoms with van der Waals surface area (Å²) in [7, 11) is 1.63. The predicted octanol–water partition coefficient (Wildman–Crippen LogP) is 0.537. The fourth-order valence-corrected chi connectivity index (χ4v) is 1.79. The summed E-state index contributed by atoms with van der Waals surface area (Å²) in [6.07, 6.45) is 0.247. The van der Waals surface area contributed by atoms with Gasteiger partial charge in [0.1, 0.15) is 0 Å². The number of hydrogen-bond acceptors (Lipinski definition) is 4. The Hall–Kier alpha value is -0.940. The van der Waals surface area contributed by atoms with E-state index >= 15 is 0 Å². The molecule has 1 unspecified atom stereocenters. The maximum atomic E-state index is 12.0. The van der Waals surface area contributed by atoms with Crippen molar-refractivity contribution < 1.29 is 14.3 Å². The van der Waals surface area contributed by atoms with Crippen molar-refractivity contribution in [3.05, 3.63) is 0 Å². The molecule has 1 aliphatic heterocycles. The molecule has 17 heavy (non-hydrogen) atoms. The first-order chi connectivity index (χ1) is 7.78. The van der Waals surface area contributed by atoms with E-state index in [1.54, 1.807) is 7.11 Å². The van der Waals surface area contributed by atoms with Gasteiger partial charge in [-0.25, -0.2) is 0 Å². The lowest BCUT2D eigenvalue weighted by atomic mass is 10.1. The number of nitrogens with zero attached hydrogens (tertiary/aromatic N) is 1. The molecule has 5 heteroatoms. The summed E-state index contributed by atoms with van der Waals surface area (Å²) in [5.74, 6) is -0.227. The highest BCUT2D eigenvalue weighted by Gasteiger charge is 2.40. The van der Waals surface area contributed by atoms with Gasteiger partial charge in [0.05, 0.1) is 18.1 Å². The van der Waals surface area contributed by atoms with E-state index in [0.717, 1.165) is 0 Å². The number of ether oxygens (including phenoxy) is 1. The molecular formula is C12H22N2O3. The van der Waals surface area contributed by atoms with Crippen molar-refractivity contribution in [1.82, 2.24) is 10.2 Å². The van der Waals surface area contributed by atoms with Crippen molar-refractivity contribution in [2.75, 3.05) is 13.7 Å². The topological polar surface area (TPSA) is 58.6 Å². The van der Waals surface area contributed by atoms with Gasteiger partial charge in [0, 0.05) is 19.7 Å². The van der Waals surface area contributed by atoms with Gasteiger partial charge in [-0.2, -0.15) is 0 Å². The predicted molar refractivity (Wildman–Crippen MR) is 64.5 cm³/mol. The minimum absolute atomic E-state index is 0.0720. The summed E-state index contributed by atoms with van der Waals surface area (Å²) in [6.45, 7) is 8.09. The Morgan fingerprint density at radius 3 is 2.47 bits per heavy atom. The lowest BCUT2D eigenvalue weighted by Crippen LogP contribution is -2.46. The van der Waals surface area contributed by atoms with Gasteiger partial charge >= 0.3 is 0 Å². The number of carbonyl (C=O) groups excluding carboxylic acids is 2. The second-order valence-corrected chi connectivity index (χ2v) is 5.30. The fraction of sp³-hybridized carbons (Fsp3) is 0.833. The molecule has 0 aromatic carbocycles. The minimum atomic E-state index is -0.403. The number of rotatable bonds is 5. The number of hydrogen-bond donors (Lipinski definition) is 1. The molecular weight excluding hydrogens is 220 g/mol. The summed E-state index contributed by atoms with van der Waals surface area (Å²) in [6, 6.07) is -0.475. The largest absolute Gasteiger partial charge is 0.377 e. The van der Waals surface area contributed by atoms with Crippen molar-refractivity contribution in [2.45, 2.75) is 51.8 Å². The van der Waals surface area contributed by atoms with Gasteiger partial charge in [-0.15, -0.1) is 0 Å². The van der Waals surface area contributed by atoms with E-state index in [4.69, 9.17) is 4.74 Å². The van der Waals surface area contributed by atoms with Crippen molar-refractivity contribution in [3.8, 4) is 0 Å². The maximum Gasteiger partial charge on any atom is 0.247 e. The first-order valence-corrected chi connectivity index (χ1v) is 5.93. The van der Waals surface area contributed by atoms with Gasteiger partial charge in [0.15, 0.2) is 0 Å². The van der Waals surface area contributed by atoms with Crippen LogP contribution in [0.2, 0.25) is 0 Å². The number of carbonyl (C=O) groups is 2. The molecule has 2 amide bonds. The molecule has 98 valence electrons. The molecule has 0 saturated carbocycles. The Kier molecular flexibility index (Phi) is 4.27. The molecule has 1 saturated heterocycles. The van der Waals surface area contributed by atoms with E-state index in [0.29, 0.717) is 6.54 Å². The maximum absolute atomic E-state index is 12.0.